The highest BCUT2D eigenvalue weighted by molar-refractivity contribution is 8.05. The summed E-state index contributed by atoms with van der Waals surface area (Å²) in [5, 5.41) is 3.64. The van der Waals surface area contributed by atoms with E-state index in [1.54, 1.807) is 47.7 Å². The average molecular weight is 658 g/mol. The Labute approximate surface area is 278 Å². The van der Waals surface area contributed by atoms with Crippen LogP contribution in [-0.2, 0) is 9.47 Å². The topological polar surface area (TPSA) is 99.8 Å². The number of carbonyl (C=O) groups is 1. The molecule has 2 aromatic carbocycles. The largest absolute Gasteiger partial charge is 0.444 e. The summed E-state index contributed by atoms with van der Waals surface area (Å²) in [7, 11) is 1.75. The Morgan fingerprint density at radius 3 is 2.63 bits per heavy atom. The molecule has 2 N–H and O–H groups in total. The number of morpholine rings is 1. The third-order valence-corrected chi connectivity index (χ3v) is 10.2. The number of amides is 1. The van der Waals surface area contributed by atoms with Gasteiger partial charge in [0.2, 0.25) is 5.56 Å². The van der Waals surface area contributed by atoms with Crippen LogP contribution in [0.25, 0.3) is 11.3 Å². The SMILES string of the molecule is Cc1ccnc(C(CN(C)C(=O)OC(C)(C)C)Nc2ccc3c(c2)Sc2cccc(-c4cc(N5CCOCC5)cc(=O)[nH]4)c2S3)c1. The van der Waals surface area contributed by atoms with Crippen LogP contribution in [0, 0.1) is 6.92 Å². The van der Waals surface area contributed by atoms with Gasteiger partial charge in [0.15, 0.2) is 0 Å². The van der Waals surface area contributed by atoms with Crippen molar-refractivity contribution in [2.24, 2.45) is 0 Å². The van der Waals surface area contributed by atoms with Crippen LogP contribution in [0.1, 0.15) is 38.1 Å². The number of benzene rings is 2. The van der Waals surface area contributed by atoms with Crippen LogP contribution in [0.5, 0.6) is 0 Å². The second-order valence-corrected chi connectivity index (χ2v) is 14.7. The smallest absolute Gasteiger partial charge is 0.410 e. The zero-order valence-corrected chi connectivity index (χ0v) is 28.4. The number of nitrogens with zero attached hydrogens (tertiary/aromatic N) is 3. The number of carbonyl (C=O) groups excluding carboxylic acids is 1. The lowest BCUT2D eigenvalue weighted by atomic mass is 10.1. The standard InChI is InChI=1S/C35H39N5O4S2/c1-22-11-12-36-27(17-22)28(21-39(5)34(42)44-35(2,3)4)37-23-9-10-29-31(18-23)45-30-8-6-7-25(33(30)46-29)26-19-24(20-32(41)38-26)40-13-15-43-16-14-40/h6-12,17-20,28,37H,13-16,21H2,1-5H3,(H,38,41). The first-order chi connectivity index (χ1) is 22.0. The number of fused-ring (bicyclic) bond motifs is 2. The molecule has 1 amide bonds. The van der Waals surface area contributed by atoms with Crippen molar-refractivity contribution in [3.8, 4) is 11.3 Å². The summed E-state index contributed by atoms with van der Waals surface area (Å²) in [4.78, 5) is 41.6. The molecule has 9 nitrogen and oxygen atoms in total. The molecule has 1 saturated heterocycles. The maximum absolute atomic E-state index is 12.8. The van der Waals surface area contributed by atoms with Crippen molar-refractivity contribution in [3.63, 3.8) is 0 Å². The molecule has 1 fully saturated rings. The number of ether oxygens (including phenoxy) is 2. The van der Waals surface area contributed by atoms with Crippen LogP contribution in [-0.4, -0.2) is 66.5 Å². The zero-order chi connectivity index (χ0) is 32.4. The van der Waals surface area contributed by atoms with Crippen molar-refractivity contribution in [2.75, 3.05) is 50.1 Å². The van der Waals surface area contributed by atoms with E-state index in [9.17, 15) is 9.59 Å². The van der Waals surface area contributed by atoms with Crippen LogP contribution < -0.4 is 15.8 Å². The van der Waals surface area contributed by atoms with Gasteiger partial charge >= 0.3 is 6.09 Å². The normalized spacial score (nSPS) is 15.0. The fourth-order valence-electron chi connectivity index (χ4n) is 5.43. The summed E-state index contributed by atoms with van der Waals surface area (Å²) in [5.41, 5.74) is 4.90. The molecule has 1 unspecified atom stereocenters. The first kappa shape index (κ1) is 32.0. The van der Waals surface area contributed by atoms with E-state index in [0.29, 0.717) is 19.8 Å². The number of rotatable bonds is 7. The van der Waals surface area contributed by atoms with Gasteiger partial charge in [0, 0.05) is 75.5 Å². The van der Waals surface area contributed by atoms with Crippen molar-refractivity contribution in [2.45, 2.75) is 58.9 Å². The maximum atomic E-state index is 12.8. The number of aromatic amines is 1. The van der Waals surface area contributed by atoms with Gasteiger partial charge in [-0.15, -0.1) is 0 Å². The summed E-state index contributed by atoms with van der Waals surface area (Å²) in [6.07, 6.45) is 1.42. The fourth-order valence-corrected chi connectivity index (χ4v) is 7.85. The summed E-state index contributed by atoms with van der Waals surface area (Å²) < 4.78 is 11.1. The third-order valence-electron chi connectivity index (χ3n) is 7.65. The highest BCUT2D eigenvalue weighted by Crippen LogP contribution is 2.52. The van der Waals surface area contributed by atoms with Crippen LogP contribution >= 0.6 is 23.5 Å². The molecule has 46 heavy (non-hydrogen) atoms. The number of aromatic nitrogens is 2. The number of hydrogen-bond donors (Lipinski definition) is 2. The first-order valence-electron chi connectivity index (χ1n) is 15.4. The van der Waals surface area contributed by atoms with Crippen LogP contribution in [0.15, 0.2) is 91.2 Å². The number of anilines is 2. The summed E-state index contributed by atoms with van der Waals surface area (Å²) in [6.45, 7) is 10.8. The van der Waals surface area contributed by atoms with Gasteiger partial charge in [0.05, 0.1) is 30.6 Å². The minimum absolute atomic E-state index is 0.115. The lowest BCUT2D eigenvalue weighted by Gasteiger charge is -2.29. The molecule has 0 radical (unpaired) electrons. The number of likely N-dealkylation sites (N-methyl/N-ethyl adjacent to an activating group) is 1. The molecular formula is C35H39N5O4S2. The highest BCUT2D eigenvalue weighted by atomic mass is 32.2. The molecule has 0 aliphatic carbocycles. The molecule has 6 rings (SSSR count). The Hall–Kier alpha value is -3.93. The lowest BCUT2D eigenvalue weighted by Crippen LogP contribution is -2.38. The van der Waals surface area contributed by atoms with Gasteiger partial charge in [-0.05, 0) is 75.7 Å². The van der Waals surface area contributed by atoms with Gasteiger partial charge in [-0.25, -0.2) is 4.79 Å². The van der Waals surface area contributed by atoms with E-state index >= 15 is 0 Å². The average Bonchev–Trinajstić information content (AvgIpc) is 3.02. The highest BCUT2D eigenvalue weighted by Gasteiger charge is 2.26. The minimum atomic E-state index is -0.583. The first-order valence-corrected chi connectivity index (χ1v) is 17.0. The van der Waals surface area contributed by atoms with E-state index in [2.05, 4.69) is 56.6 Å². The van der Waals surface area contributed by atoms with Crippen molar-refractivity contribution in [3.05, 3.63) is 88.5 Å². The second kappa shape index (κ2) is 13.4. The van der Waals surface area contributed by atoms with Gasteiger partial charge in [-0.3, -0.25) is 9.78 Å². The molecule has 11 heteroatoms. The van der Waals surface area contributed by atoms with Crippen molar-refractivity contribution in [1.82, 2.24) is 14.9 Å². The Morgan fingerprint density at radius 2 is 1.87 bits per heavy atom. The molecule has 1 atom stereocenters. The van der Waals surface area contributed by atoms with Gasteiger partial charge in [-0.2, -0.15) is 0 Å². The van der Waals surface area contributed by atoms with Crippen molar-refractivity contribution >= 4 is 41.0 Å². The van der Waals surface area contributed by atoms with E-state index < -0.39 is 5.60 Å². The Bertz CT molecular complexity index is 1800. The molecule has 0 saturated carbocycles. The molecule has 2 aliphatic heterocycles. The second-order valence-electron chi connectivity index (χ2n) is 12.5. The van der Waals surface area contributed by atoms with Crippen molar-refractivity contribution in [1.29, 1.82) is 0 Å². The van der Waals surface area contributed by atoms with E-state index in [-0.39, 0.29) is 17.7 Å². The van der Waals surface area contributed by atoms with Crippen LogP contribution in [0.2, 0.25) is 0 Å². The number of aryl methyl sites for hydroxylation is 1. The summed E-state index contributed by atoms with van der Waals surface area (Å²) in [6, 6.07) is 20.1. The zero-order valence-electron chi connectivity index (χ0n) is 26.8. The quantitative estimate of drug-likeness (QED) is 0.188. The van der Waals surface area contributed by atoms with E-state index in [4.69, 9.17) is 9.47 Å². The monoisotopic (exact) mass is 657 g/mol. The number of nitrogens with one attached hydrogen (secondary N) is 2. The van der Waals surface area contributed by atoms with Crippen LogP contribution in [0.3, 0.4) is 0 Å². The molecule has 4 heterocycles. The molecule has 240 valence electrons. The summed E-state index contributed by atoms with van der Waals surface area (Å²) >= 11 is 3.42. The van der Waals surface area contributed by atoms with Gasteiger partial charge in [0.25, 0.3) is 0 Å². The van der Waals surface area contributed by atoms with Crippen LogP contribution in [0.4, 0.5) is 16.2 Å². The van der Waals surface area contributed by atoms with Gasteiger partial charge < -0.3 is 29.6 Å². The molecule has 0 bridgehead atoms. The number of hydrogen-bond acceptors (Lipinski definition) is 9. The fraction of sp³-hybridized carbons (Fsp3) is 0.343. The van der Waals surface area contributed by atoms with E-state index in [1.807, 2.05) is 45.9 Å². The molecular weight excluding hydrogens is 619 g/mol. The molecule has 2 aromatic heterocycles. The van der Waals surface area contributed by atoms with Crippen molar-refractivity contribution < 1.29 is 14.3 Å². The molecule has 4 aromatic rings. The minimum Gasteiger partial charge on any atom is -0.444 e. The molecule has 2 aliphatic rings. The third kappa shape index (κ3) is 7.54. The number of H-pyrrole nitrogens is 1. The summed E-state index contributed by atoms with van der Waals surface area (Å²) in [5.74, 6) is 0. The van der Waals surface area contributed by atoms with E-state index in [1.165, 1.54) is 0 Å². The Kier molecular flexibility index (Phi) is 9.35. The predicted molar refractivity (Wildman–Crippen MR) is 184 cm³/mol. The van der Waals surface area contributed by atoms with E-state index in [0.717, 1.165) is 66.6 Å². The number of pyridine rings is 2. The Balaban J connectivity index is 1.25. The lowest BCUT2D eigenvalue weighted by molar-refractivity contribution is 0.0291. The molecule has 0 spiro atoms. The van der Waals surface area contributed by atoms with Gasteiger partial charge in [0.1, 0.15) is 5.60 Å². The maximum Gasteiger partial charge on any atom is 0.410 e. The van der Waals surface area contributed by atoms with Gasteiger partial charge in [-0.1, -0.05) is 35.7 Å². The predicted octanol–water partition coefficient (Wildman–Crippen LogP) is 7.22. The Morgan fingerprint density at radius 1 is 1.07 bits per heavy atom.